The van der Waals surface area contributed by atoms with Crippen molar-refractivity contribution in [2.24, 2.45) is 46.3 Å². The van der Waals surface area contributed by atoms with Gasteiger partial charge in [0.05, 0.1) is 12.2 Å². The summed E-state index contributed by atoms with van der Waals surface area (Å²) < 4.78 is 5.56. The molecule has 0 aromatic carbocycles. The predicted molar refractivity (Wildman–Crippen MR) is 118 cm³/mol. The third-order valence-corrected chi connectivity index (χ3v) is 10.6. The van der Waals surface area contributed by atoms with Crippen LogP contribution in [0.2, 0.25) is 0 Å². The molecule has 0 amide bonds. The van der Waals surface area contributed by atoms with Crippen molar-refractivity contribution >= 4 is 5.97 Å². The molecule has 4 saturated carbocycles. The van der Waals surface area contributed by atoms with Crippen molar-refractivity contribution in [3.05, 3.63) is 0 Å². The number of hydrogen-bond donors (Lipinski definition) is 2. The topological polar surface area (TPSA) is 66.8 Å². The minimum Gasteiger partial charge on any atom is -0.463 e. The fraction of sp³-hybridized carbons (Fsp3) is 0.962. The minimum absolute atomic E-state index is 0.00569. The maximum atomic E-state index is 11.6. The van der Waals surface area contributed by atoms with Gasteiger partial charge in [0, 0.05) is 6.92 Å². The number of hydrogen-bond acceptors (Lipinski definition) is 4. The maximum absolute atomic E-state index is 11.6. The average molecular weight is 421 g/mol. The third kappa shape index (κ3) is 3.36. The Morgan fingerprint density at radius 1 is 1.10 bits per heavy atom. The highest BCUT2D eigenvalue weighted by Crippen LogP contribution is 2.68. The van der Waals surface area contributed by atoms with E-state index in [1.807, 2.05) is 0 Å². The summed E-state index contributed by atoms with van der Waals surface area (Å²) >= 11 is 0. The van der Waals surface area contributed by atoms with Crippen LogP contribution >= 0.6 is 0 Å². The van der Waals surface area contributed by atoms with Crippen LogP contribution in [0.25, 0.3) is 0 Å². The molecule has 0 aliphatic heterocycles. The van der Waals surface area contributed by atoms with Crippen molar-refractivity contribution in [1.82, 2.24) is 0 Å². The minimum atomic E-state index is -0.291. The Bertz CT molecular complexity index is 649. The third-order valence-electron chi connectivity index (χ3n) is 10.6. The largest absolute Gasteiger partial charge is 0.463 e. The molecule has 4 rings (SSSR count). The maximum Gasteiger partial charge on any atom is 0.302 e. The fourth-order valence-corrected chi connectivity index (χ4v) is 9.11. The Morgan fingerprint density at radius 2 is 1.83 bits per heavy atom. The molecule has 172 valence electrons. The van der Waals surface area contributed by atoms with Crippen LogP contribution in [0.4, 0.5) is 0 Å². The fourth-order valence-electron chi connectivity index (χ4n) is 9.11. The van der Waals surface area contributed by atoms with Gasteiger partial charge in [-0.2, -0.15) is 0 Å². The number of esters is 1. The predicted octanol–water partition coefficient (Wildman–Crippen LogP) is 4.95. The number of aliphatic hydroxyl groups excluding tert-OH is 2. The molecule has 11 atom stereocenters. The van der Waals surface area contributed by atoms with Crippen LogP contribution < -0.4 is 0 Å². The van der Waals surface area contributed by atoms with Gasteiger partial charge in [0.25, 0.3) is 0 Å². The number of carbonyl (C=O) groups is 1. The van der Waals surface area contributed by atoms with Gasteiger partial charge >= 0.3 is 5.97 Å². The van der Waals surface area contributed by atoms with Gasteiger partial charge in [-0.3, -0.25) is 4.79 Å². The van der Waals surface area contributed by atoms with Gasteiger partial charge in [-0.25, -0.2) is 0 Å². The highest BCUT2D eigenvalue weighted by Gasteiger charge is 2.65. The van der Waals surface area contributed by atoms with E-state index < -0.39 is 0 Å². The second kappa shape index (κ2) is 8.06. The number of rotatable bonds is 4. The van der Waals surface area contributed by atoms with E-state index in [2.05, 4.69) is 27.7 Å². The lowest BCUT2D eigenvalue weighted by atomic mass is 9.43. The van der Waals surface area contributed by atoms with Gasteiger partial charge < -0.3 is 14.9 Å². The molecule has 4 fully saturated rings. The van der Waals surface area contributed by atoms with Crippen LogP contribution in [0.15, 0.2) is 0 Å². The summed E-state index contributed by atoms with van der Waals surface area (Å²) in [6.45, 7) is 10.9. The van der Waals surface area contributed by atoms with Crippen LogP contribution in [-0.4, -0.2) is 34.5 Å². The van der Waals surface area contributed by atoms with E-state index in [4.69, 9.17) is 4.74 Å². The van der Waals surface area contributed by atoms with Crippen molar-refractivity contribution in [1.29, 1.82) is 0 Å². The zero-order chi connectivity index (χ0) is 21.8. The van der Waals surface area contributed by atoms with Crippen molar-refractivity contribution in [2.75, 3.05) is 0 Å². The number of ether oxygens (including phenoxy) is 1. The van der Waals surface area contributed by atoms with E-state index in [1.54, 1.807) is 0 Å². The molecule has 4 aliphatic carbocycles. The molecular weight excluding hydrogens is 376 g/mol. The van der Waals surface area contributed by atoms with E-state index in [0.717, 1.165) is 38.5 Å². The quantitative estimate of drug-likeness (QED) is 0.631. The van der Waals surface area contributed by atoms with Crippen molar-refractivity contribution < 1.29 is 19.7 Å². The van der Waals surface area contributed by atoms with Crippen LogP contribution in [0.3, 0.4) is 0 Å². The van der Waals surface area contributed by atoms with Crippen molar-refractivity contribution in [2.45, 2.75) is 111 Å². The lowest BCUT2D eigenvalue weighted by Gasteiger charge is -2.63. The van der Waals surface area contributed by atoms with E-state index >= 15 is 0 Å². The molecule has 11 unspecified atom stereocenters. The lowest BCUT2D eigenvalue weighted by Crippen LogP contribution is -2.62. The summed E-state index contributed by atoms with van der Waals surface area (Å²) in [6.07, 6.45) is 8.69. The summed E-state index contributed by atoms with van der Waals surface area (Å²) in [4.78, 5) is 11.5. The Kier molecular flexibility index (Phi) is 6.07. The number of carbonyl (C=O) groups excluding carboxylic acids is 1. The molecule has 0 spiro atoms. The number of fused-ring (bicyclic) bond motifs is 5. The van der Waals surface area contributed by atoms with Crippen LogP contribution in [-0.2, 0) is 9.53 Å². The van der Waals surface area contributed by atoms with Gasteiger partial charge in [0.15, 0.2) is 0 Å². The molecule has 4 aliphatic rings. The standard InChI is InChI=1S/C26H44O4/c1-6-7-15(2)19-8-9-20-24-21(14-23(29)26(19,20)5)25(4)11-10-18(30-16(3)27)12-17(25)13-22(24)28/h15,17-24,28-29H,6-14H2,1-5H3. The molecule has 30 heavy (non-hydrogen) atoms. The Balaban J connectivity index is 1.60. The van der Waals surface area contributed by atoms with E-state index in [9.17, 15) is 15.0 Å². The van der Waals surface area contributed by atoms with E-state index in [0.29, 0.717) is 35.5 Å². The van der Waals surface area contributed by atoms with Gasteiger partial charge in [-0.15, -0.1) is 0 Å². The Morgan fingerprint density at radius 3 is 2.50 bits per heavy atom. The smallest absolute Gasteiger partial charge is 0.302 e. The molecule has 2 N–H and O–H groups in total. The second-order valence-electron chi connectivity index (χ2n) is 11.9. The summed E-state index contributed by atoms with van der Waals surface area (Å²) in [5, 5.41) is 23.0. The molecule has 4 heteroatoms. The zero-order valence-electron chi connectivity index (χ0n) is 19.8. The Labute approximate surface area is 183 Å². The van der Waals surface area contributed by atoms with Crippen LogP contribution in [0, 0.1) is 46.3 Å². The van der Waals surface area contributed by atoms with E-state index in [1.165, 1.54) is 26.2 Å². The lowest BCUT2D eigenvalue weighted by molar-refractivity contribution is -0.209. The molecule has 0 aromatic heterocycles. The molecule has 0 bridgehead atoms. The monoisotopic (exact) mass is 420 g/mol. The van der Waals surface area contributed by atoms with Crippen molar-refractivity contribution in [3.8, 4) is 0 Å². The molecule has 0 aromatic rings. The number of aliphatic hydroxyl groups is 2. The van der Waals surface area contributed by atoms with Crippen LogP contribution in [0.5, 0.6) is 0 Å². The summed E-state index contributed by atoms with van der Waals surface area (Å²) in [7, 11) is 0. The average Bonchev–Trinajstić information content (AvgIpc) is 3.02. The zero-order valence-corrected chi connectivity index (χ0v) is 19.8. The van der Waals surface area contributed by atoms with Gasteiger partial charge in [0.1, 0.15) is 6.10 Å². The first-order valence-electron chi connectivity index (χ1n) is 12.7. The molecule has 0 saturated heterocycles. The van der Waals surface area contributed by atoms with Gasteiger partial charge in [-0.1, -0.05) is 40.5 Å². The Hall–Kier alpha value is -0.610. The highest BCUT2D eigenvalue weighted by atomic mass is 16.5. The van der Waals surface area contributed by atoms with Gasteiger partial charge in [-0.05, 0) is 91.3 Å². The highest BCUT2D eigenvalue weighted by molar-refractivity contribution is 5.66. The normalized spacial score (nSPS) is 51.4. The summed E-state index contributed by atoms with van der Waals surface area (Å²) in [5.74, 6) is 2.49. The summed E-state index contributed by atoms with van der Waals surface area (Å²) in [6, 6.07) is 0. The molecule has 0 radical (unpaired) electrons. The van der Waals surface area contributed by atoms with E-state index in [-0.39, 0.29) is 35.1 Å². The molecule has 4 nitrogen and oxygen atoms in total. The SMILES string of the molecule is CCCC(C)C1CCC2C3C(O)CC4CC(OC(C)=O)CCC4(C)C3CC(O)C12C. The first kappa shape index (κ1) is 22.6. The summed E-state index contributed by atoms with van der Waals surface area (Å²) in [5.41, 5.74) is 0.0743. The van der Waals surface area contributed by atoms with Crippen molar-refractivity contribution in [3.63, 3.8) is 0 Å². The van der Waals surface area contributed by atoms with Crippen LogP contribution in [0.1, 0.15) is 92.4 Å². The molecule has 0 heterocycles. The van der Waals surface area contributed by atoms with Gasteiger partial charge in [0.2, 0.25) is 0 Å². The second-order valence-corrected chi connectivity index (χ2v) is 11.9. The first-order chi connectivity index (χ1) is 14.1. The molecular formula is C26H44O4. The first-order valence-corrected chi connectivity index (χ1v) is 12.7.